The lowest BCUT2D eigenvalue weighted by atomic mass is 10.1. The van der Waals surface area contributed by atoms with Crippen LogP contribution in [0.25, 0.3) is 11.0 Å². The maximum Gasteiger partial charge on any atom is 0.251 e. The highest BCUT2D eigenvalue weighted by Crippen LogP contribution is 2.26. The van der Waals surface area contributed by atoms with E-state index >= 15 is 0 Å². The van der Waals surface area contributed by atoms with Crippen LogP contribution < -0.4 is 10.6 Å². The normalized spacial score (nSPS) is 12.0. The van der Waals surface area contributed by atoms with E-state index in [1.54, 1.807) is 53.6 Å². The Morgan fingerprint density at radius 2 is 2.00 bits per heavy atom. The lowest BCUT2D eigenvalue weighted by Gasteiger charge is -2.15. The zero-order valence-corrected chi connectivity index (χ0v) is 18.4. The van der Waals surface area contributed by atoms with Crippen LogP contribution in [0.2, 0.25) is 0 Å². The van der Waals surface area contributed by atoms with Crippen molar-refractivity contribution in [3.63, 3.8) is 0 Å². The van der Waals surface area contributed by atoms with Crippen molar-refractivity contribution in [2.45, 2.75) is 32.9 Å². The molecule has 0 saturated carbocycles. The van der Waals surface area contributed by atoms with E-state index in [1.807, 2.05) is 11.5 Å². The second-order valence-corrected chi connectivity index (χ2v) is 8.59. The van der Waals surface area contributed by atoms with Gasteiger partial charge in [-0.3, -0.25) is 14.6 Å². The summed E-state index contributed by atoms with van der Waals surface area (Å²) >= 11 is 1.55. The van der Waals surface area contributed by atoms with E-state index in [4.69, 9.17) is 0 Å². The molecule has 0 fully saturated rings. The minimum atomic E-state index is -0.302. The summed E-state index contributed by atoms with van der Waals surface area (Å²) in [5.41, 5.74) is 4.83. The zero-order valence-electron chi connectivity index (χ0n) is 17.6. The fourth-order valence-corrected chi connectivity index (χ4v) is 4.26. The second kappa shape index (κ2) is 9.27. The molecule has 4 aromatic rings. The van der Waals surface area contributed by atoms with Gasteiger partial charge in [0, 0.05) is 42.6 Å². The molecule has 0 unspecified atom stereocenters. The fraction of sp³-hybridized carbons (Fsp3) is 0.217. The molecule has 0 aliphatic carbocycles. The average Bonchev–Trinajstić information content (AvgIpc) is 3.39. The van der Waals surface area contributed by atoms with Gasteiger partial charge in [-0.25, -0.2) is 9.37 Å². The smallest absolute Gasteiger partial charge is 0.251 e. The van der Waals surface area contributed by atoms with Crippen LogP contribution >= 0.6 is 11.3 Å². The molecule has 0 radical (unpaired) electrons. The van der Waals surface area contributed by atoms with Crippen molar-refractivity contribution in [3.8, 4) is 0 Å². The molecule has 2 heterocycles. The van der Waals surface area contributed by atoms with Gasteiger partial charge in [0.05, 0.1) is 28.6 Å². The van der Waals surface area contributed by atoms with Gasteiger partial charge >= 0.3 is 0 Å². The summed E-state index contributed by atoms with van der Waals surface area (Å²) in [6.45, 7) is 3.79. The molecule has 0 aliphatic heterocycles. The third kappa shape index (κ3) is 5.00. The maximum atomic E-state index is 13.2. The first-order valence-electron chi connectivity index (χ1n) is 10.1. The molecule has 1 atom stereocenters. The van der Waals surface area contributed by atoms with E-state index < -0.39 is 0 Å². The van der Waals surface area contributed by atoms with E-state index in [1.165, 1.54) is 19.1 Å². The molecule has 2 aromatic carbocycles. The van der Waals surface area contributed by atoms with Crippen molar-refractivity contribution >= 4 is 39.9 Å². The Hall–Kier alpha value is -3.59. The number of hydrogen-bond donors (Lipinski definition) is 2. The summed E-state index contributed by atoms with van der Waals surface area (Å²) in [6, 6.07) is 9.48. The number of rotatable bonds is 7. The van der Waals surface area contributed by atoms with Crippen LogP contribution in [-0.4, -0.2) is 32.4 Å². The molecule has 2 aromatic heterocycles. The number of imidazole rings is 1. The molecule has 0 bridgehead atoms. The van der Waals surface area contributed by atoms with Gasteiger partial charge in [-0.15, -0.1) is 11.3 Å². The lowest BCUT2D eigenvalue weighted by molar-refractivity contribution is -0.114. The zero-order chi connectivity index (χ0) is 22.7. The van der Waals surface area contributed by atoms with Crippen LogP contribution in [0.15, 0.2) is 54.4 Å². The number of carbonyl (C=O) groups excluding carboxylic acids is 2. The number of nitrogens with zero attached hydrogens (tertiary/aromatic N) is 3. The molecular formula is C23H22FN5O2S. The molecule has 7 nitrogen and oxygen atoms in total. The van der Waals surface area contributed by atoms with Crippen LogP contribution in [-0.2, 0) is 17.8 Å². The molecule has 2 N–H and O–H groups in total. The molecule has 2 amide bonds. The lowest BCUT2D eigenvalue weighted by Crippen LogP contribution is -2.34. The van der Waals surface area contributed by atoms with Crippen molar-refractivity contribution in [1.82, 2.24) is 19.9 Å². The van der Waals surface area contributed by atoms with E-state index in [0.29, 0.717) is 35.2 Å². The van der Waals surface area contributed by atoms with Gasteiger partial charge in [0.1, 0.15) is 5.82 Å². The van der Waals surface area contributed by atoms with Gasteiger partial charge in [-0.2, -0.15) is 0 Å². The number of fused-ring (bicyclic) bond motifs is 1. The largest absolute Gasteiger partial charge is 0.349 e. The average molecular weight is 452 g/mol. The quantitative estimate of drug-likeness (QED) is 0.445. The summed E-state index contributed by atoms with van der Waals surface area (Å²) in [5, 5.41) is 5.80. The van der Waals surface area contributed by atoms with Gasteiger partial charge in [-0.05, 0) is 36.8 Å². The van der Waals surface area contributed by atoms with E-state index in [0.717, 1.165) is 10.4 Å². The van der Waals surface area contributed by atoms with Crippen molar-refractivity contribution in [1.29, 1.82) is 0 Å². The maximum absolute atomic E-state index is 13.2. The predicted octanol–water partition coefficient (Wildman–Crippen LogP) is 4.00. The molecule has 4 rings (SSSR count). The minimum absolute atomic E-state index is 0.0844. The number of nitrogens with one attached hydrogen (secondary N) is 2. The van der Waals surface area contributed by atoms with Crippen molar-refractivity contribution in [2.75, 3.05) is 5.32 Å². The first kappa shape index (κ1) is 21.6. The summed E-state index contributed by atoms with van der Waals surface area (Å²) in [6.07, 6.45) is 4.12. The minimum Gasteiger partial charge on any atom is -0.349 e. The van der Waals surface area contributed by atoms with Gasteiger partial charge < -0.3 is 15.2 Å². The number of benzene rings is 2. The van der Waals surface area contributed by atoms with Crippen LogP contribution in [0.3, 0.4) is 0 Å². The highest BCUT2D eigenvalue weighted by atomic mass is 32.1. The number of thiazole rings is 1. The van der Waals surface area contributed by atoms with Gasteiger partial charge in [0.2, 0.25) is 5.91 Å². The van der Waals surface area contributed by atoms with Crippen molar-refractivity contribution in [2.24, 2.45) is 0 Å². The van der Waals surface area contributed by atoms with Gasteiger partial charge in [-0.1, -0.05) is 12.1 Å². The monoisotopic (exact) mass is 451 g/mol. The highest BCUT2D eigenvalue weighted by molar-refractivity contribution is 7.09. The Balaban J connectivity index is 1.62. The summed E-state index contributed by atoms with van der Waals surface area (Å²) in [7, 11) is 0. The Kier molecular flexibility index (Phi) is 6.27. The molecular weight excluding hydrogens is 429 g/mol. The van der Waals surface area contributed by atoms with Gasteiger partial charge in [0.15, 0.2) is 0 Å². The first-order chi connectivity index (χ1) is 15.4. The van der Waals surface area contributed by atoms with Crippen LogP contribution in [0.4, 0.5) is 10.1 Å². The highest BCUT2D eigenvalue weighted by Gasteiger charge is 2.17. The topological polar surface area (TPSA) is 88.9 Å². The number of halogens is 1. The second-order valence-electron chi connectivity index (χ2n) is 7.62. The molecule has 0 spiro atoms. The SMILES string of the molecule is CC(=O)Nc1cc(C(=O)N[C@@H](C)Cc2cncs2)cc2ncn(Cc3ccc(F)cc3)c12. The Morgan fingerprint density at radius 1 is 1.22 bits per heavy atom. The number of hydrogen-bond acceptors (Lipinski definition) is 5. The third-order valence-corrected chi connectivity index (χ3v) is 5.72. The van der Waals surface area contributed by atoms with E-state index in [-0.39, 0.29) is 23.7 Å². The van der Waals surface area contributed by atoms with E-state index in [2.05, 4.69) is 20.6 Å². The van der Waals surface area contributed by atoms with Crippen molar-refractivity contribution in [3.05, 3.63) is 76.3 Å². The predicted molar refractivity (Wildman–Crippen MR) is 122 cm³/mol. The summed E-state index contributed by atoms with van der Waals surface area (Å²) in [4.78, 5) is 34.3. The standard InChI is InChI=1S/C23H22FN5O2S/c1-14(7-19-10-25-13-32-19)27-23(31)17-8-20-22(21(9-17)28-15(2)30)29(12-26-20)11-16-3-5-18(24)6-4-16/h3-6,8-10,12-14H,7,11H2,1-2H3,(H,27,31)(H,28,30)/t14-/m0/s1. The third-order valence-electron chi connectivity index (χ3n) is 4.92. The molecule has 0 aliphatic rings. The van der Waals surface area contributed by atoms with E-state index in [9.17, 15) is 14.0 Å². The molecule has 0 saturated heterocycles. The Labute approximate surface area is 188 Å². The molecule has 9 heteroatoms. The van der Waals surface area contributed by atoms with Crippen LogP contribution in [0, 0.1) is 5.82 Å². The Morgan fingerprint density at radius 3 is 2.69 bits per heavy atom. The number of amides is 2. The Bertz CT molecular complexity index is 1250. The van der Waals surface area contributed by atoms with Gasteiger partial charge in [0.25, 0.3) is 5.91 Å². The summed E-state index contributed by atoms with van der Waals surface area (Å²) in [5.74, 6) is -0.802. The summed E-state index contributed by atoms with van der Waals surface area (Å²) < 4.78 is 15.1. The first-order valence-corrected chi connectivity index (χ1v) is 11.0. The molecule has 164 valence electrons. The fourth-order valence-electron chi connectivity index (χ4n) is 3.53. The number of aromatic nitrogens is 3. The van der Waals surface area contributed by atoms with Crippen molar-refractivity contribution < 1.29 is 14.0 Å². The number of carbonyl (C=O) groups is 2. The molecule has 32 heavy (non-hydrogen) atoms. The number of anilines is 1. The van der Waals surface area contributed by atoms with Crippen LogP contribution in [0.5, 0.6) is 0 Å². The van der Waals surface area contributed by atoms with Crippen LogP contribution in [0.1, 0.15) is 34.6 Å².